The molecule has 3 N–H and O–H groups in total. The van der Waals surface area contributed by atoms with Gasteiger partial charge < -0.3 is 10.1 Å². The zero-order valence-corrected chi connectivity index (χ0v) is 12.4. The van der Waals surface area contributed by atoms with Crippen molar-refractivity contribution in [1.29, 1.82) is 0 Å². The van der Waals surface area contributed by atoms with Gasteiger partial charge in [0.15, 0.2) is 6.61 Å². The van der Waals surface area contributed by atoms with Gasteiger partial charge in [0.1, 0.15) is 5.75 Å². The smallest absolute Gasteiger partial charge is 0.257 e. The highest BCUT2D eigenvalue weighted by atomic mass is 32.2. The molecule has 1 rings (SSSR count). The van der Waals surface area contributed by atoms with Gasteiger partial charge in [0.05, 0.1) is 4.90 Å². The van der Waals surface area contributed by atoms with Gasteiger partial charge in [0.2, 0.25) is 10.0 Å². The molecule has 0 heterocycles. The van der Waals surface area contributed by atoms with Crippen molar-refractivity contribution in [2.45, 2.75) is 25.2 Å². The highest BCUT2D eigenvalue weighted by molar-refractivity contribution is 7.89. The maximum atomic E-state index is 11.5. The molecule has 0 bridgehead atoms. The third kappa shape index (κ3) is 6.03. The highest BCUT2D eigenvalue weighted by Crippen LogP contribution is 2.14. The van der Waals surface area contributed by atoms with Crippen molar-refractivity contribution >= 4 is 15.9 Å². The summed E-state index contributed by atoms with van der Waals surface area (Å²) < 4.78 is 27.4. The van der Waals surface area contributed by atoms with Crippen molar-refractivity contribution in [2.24, 2.45) is 11.1 Å². The van der Waals surface area contributed by atoms with E-state index in [0.717, 1.165) is 6.42 Å². The van der Waals surface area contributed by atoms with Gasteiger partial charge in [-0.25, -0.2) is 13.6 Å². The molecule has 1 amide bonds. The number of carbonyl (C=O) groups excluding carboxylic acids is 1. The fraction of sp³-hybridized carbons (Fsp3) is 0.462. The number of hydrogen-bond acceptors (Lipinski definition) is 4. The lowest BCUT2D eigenvalue weighted by atomic mass is 10.1. The first-order valence-electron chi connectivity index (χ1n) is 6.31. The van der Waals surface area contributed by atoms with Crippen LogP contribution in [-0.2, 0) is 14.8 Å². The van der Waals surface area contributed by atoms with Crippen LogP contribution in [0.3, 0.4) is 0 Å². The molecule has 7 heteroatoms. The van der Waals surface area contributed by atoms with Crippen molar-refractivity contribution in [1.82, 2.24) is 5.32 Å². The first-order chi connectivity index (χ1) is 9.29. The predicted molar refractivity (Wildman–Crippen MR) is 75.8 cm³/mol. The maximum absolute atomic E-state index is 11.5. The van der Waals surface area contributed by atoms with Gasteiger partial charge in [-0.2, -0.15) is 0 Å². The van der Waals surface area contributed by atoms with E-state index in [-0.39, 0.29) is 17.4 Å². The van der Waals surface area contributed by atoms with Gasteiger partial charge >= 0.3 is 0 Å². The van der Waals surface area contributed by atoms with Gasteiger partial charge in [-0.05, 0) is 36.6 Å². The molecule has 1 aromatic carbocycles. The number of sulfonamides is 1. The van der Waals surface area contributed by atoms with E-state index in [0.29, 0.717) is 18.2 Å². The Labute approximate surface area is 119 Å². The number of carbonyl (C=O) groups is 1. The number of primary sulfonamides is 1. The van der Waals surface area contributed by atoms with Crippen LogP contribution in [0.25, 0.3) is 0 Å². The van der Waals surface area contributed by atoms with E-state index in [4.69, 9.17) is 9.88 Å². The average Bonchev–Trinajstić information content (AvgIpc) is 2.35. The summed E-state index contributed by atoms with van der Waals surface area (Å²) >= 11 is 0. The number of amides is 1. The number of nitrogens with two attached hydrogens (primary N) is 1. The van der Waals surface area contributed by atoms with Crippen LogP contribution in [0.1, 0.15) is 20.3 Å². The van der Waals surface area contributed by atoms with Crippen LogP contribution >= 0.6 is 0 Å². The third-order valence-corrected chi connectivity index (χ3v) is 3.50. The molecule has 0 radical (unpaired) electrons. The second-order valence-corrected chi connectivity index (χ2v) is 6.40. The molecule has 0 fully saturated rings. The van der Waals surface area contributed by atoms with Crippen LogP contribution in [0.15, 0.2) is 29.2 Å². The van der Waals surface area contributed by atoms with Gasteiger partial charge in [-0.3, -0.25) is 4.79 Å². The molecule has 112 valence electrons. The largest absolute Gasteiger partial charge is 0.484 e. The Hall–Kier alpha value is -1.60. The van der Waals surface area contributed by atoms with Crippen LogP contribution < -0.4 is 15.2 Å². The minimum absolute atomic E-state index is 0.00577. The first kappa shape index (κ1) is 16.5. The summed E-state index contributed by atoms with van der Waals surface area (Å²) in [6.45, 7) is 4.67. The molecule has 0 aromatic heterocycles. The SMILES string of the molecule is CC(C)CCNC(=O)COc1ccc(S(N)(=O)=O)cc1. The van der Waals surface area contributed by atoms with E-state index in [9.17, 15) is 13.2 Å². The Morgan fingerprint density at radius 1 is 1.30 bits per heavy atom. The Morgan fingerprint density at radius 2 is 1.90 bits per heavy atom. The quantitative estimate of drug-likeness (QED) is 0.780. The summed E-state index contributed by atoms with van der Waals surface area (Å²) in [5.74, 6) is 0.736. The molecule has 0 unspecified atom stereocenters. The van der Waals surface area contributed by atoms with E-state index >= 15 is 0 Å². The number of ether oxygens (including phenoxy) is 1. The third-order valence-electron chi connectivity index (χ3n) is 2.57. The Morgan fingerprint density at radius 3 is 2.40 bits per heavy atom. The molecular weight excluding hydrogens is 280 g/mol. The Kier molecular flexibility index (Phi) is 5.97. The summed E-state index contributed by atoms with van der Waals surface area (Å²) in [6, 6.07) is 5.59. The Bertz CT molecular complexity index is 538. The van der Waals surface area contributed by atoms with Crippen LogP contribution in [0.5, 0.6) is 5.75 Å². The van der Waals surface area contributed by atoms with Crippen molar-refractivity contribution in [2.75, 3.05) is 13.2 Å². The fourth-order valence-electron chi connectivity index (χ4n) is 1.43. The molecule has 0 aliphatic heterocycles. The standard InChI is InChI=1S/C13H20N2O4S/c1-10(2)7-8-15-13(16)9-19-11-3-5-12(6-4-11)20(14,17)18/h3-6,10H,7-9H2,1-2H3,(H,15,16)(H2,14,17,18). The molecule has 20 heavy (non-hydrogen) atoms. The van der Waals surface area contributed by atoms with Gasteiger partial charge in [-0.15, -0.1) is 0 Å². The average molecular weight is 300 g/mol. The van der Waals surface area contributed by atoms with E-state index in [2.05, 4.69) is 19.2 Å². The Balaban J connectivity index is 2.40. The molecule has 0 spiro atoms. The van der Waals surface area contributed by atoms with Crippen molar-refractivity contribution < 1.29 is 17.9 Å². The number of rotatable bonds is 7. The van der Waals surface area contributed by atoms with Gasteiger partial charge in [0.25, 0.3) is 5.91 Å². The summed E-state index contributed by atoms with van der Waals surface area (Å²) in [5, 5.41) is 7.72. The molecule has 0 aliphatic carbocycles. The lowest BCUT2D eigenvalue weighted by Gasteiger charge is -2.09. The molecule has 1 aromatic rings. The second-order valence-electron chi connectivity index (χ2n) is 4.84. The minimum atomic E-state index is -3.71. The zero-order valence-electron chi connectivity index (χ0n) is 11.6. The minimum Gasteiger partial charge on any atom is -0.484 e. The number of benzene rings is 1. The normalized spacial score (nSPS) is 11.4. The molecular formula is C13H20N2O4S. The summed E-state index contributed by atoms with van der Waals surface area (Å²) in [7, 11) is -3.71. The molecule has 6 nitrogen and oxygen atoms in total. The van der Waals surface area contributed by atoms with Crippen molar-refractivity contribution in [3.8, 4) is 5.75 Å². The lowest BCUT2D eigenvalue weighted by molar-refractivity contribution is -0.123. The molecule has 0 aliphatic rings. The van der Waals surface area contributed by atoms with Crippen LogP contribution in [0, 0.1) is 5.92 Å². The molecule has 0 atom stereocenters. The van der Waals surface area contributed by atoms with E-state index in [1.165, 1.54) is 24.3 Å². The molecule has 0 saturated heterocycles. The van der Waals surface area contributed by atoms with Crippen LogP contribution in [0.2, 0.25) is 0 Å². The topological polar surface area (TPSA) is 98.5 Å². The summed E-state index contributed by atoms with van der Waals surface area (Å²) in [5.41, 5.74) is 0. The monoisotopic (exact) mass is 300 g/mol. The van der Waals surface area contributed by atoms with Crippen LogP contribution in [0.4, 0.5) is 0 Å². The predicted octanol–water partition coefficient (Wildman–Crippen LogP) is 0.875. The maximum Gasteiger partial charge on any atom is 0.257 e. The summed E-state index contributed by atoms with van der Waals surface area (Å²) in [4.78, 5) is 11.5. The number of hydrogen-bond donors (Lipinski definition) is 2. The van der Waals surface area contributed by atoms with Crippen molar-refractivity contribution in [3.63, 3.8) is 0 Å². The van der Waals surface area contributed by atoms with Crippen molar-refractivity contribution in [3.05, 3.63) is 24.3 Å². The van der Waals surface area contributed by atoms with E-state index in [1.54, 1.807) is 0 Å². The fourth-order valence-corrected chi connectivity index (χ4v) is 1.94. The van der Waals surface area contributed by atoms with Gasteiger partial charge in [-0.1, -0.05) is 13.8 Å². The number of nitrogens with one attached hydrogen (secondary N) is 1. The first-order valence-corrected chi connectivity index (χ1v) is 7.86. The van der Waals surface area contributed by atoms with E-state index < -0.39 is 10.0 Å². The second kappa shape index (κ2) is 7.25. The molecule has 0 saturated carbocycles. The lowest BCUT2D eigenvalue weighted by Crippen LogP contribution is -2.30. The zero-order chi connectivity index (χ0) is 15.2. The van der Waals surface area contributed by atoms with Crippen LogP contribution in [-0.4, -0.2) is 27.5 Å². The van der Waals surface area contributed by atoms with Gasteiger partial charge in [0, 0.05) is 6.54 Å². The summed E-state index contributed by atoms with van der Waals surface area (Å²) in [6.07, 6.45) is 0.912. The van der Waals surface area contributed by atoms with E-state index in [1.807, 2.05) is 0 Å². The highest BCUT2D eigenvalue weighted by Gasteiger charge is 2.08.